The molecular formula is C22H21N5O2. The highest BCUT2D eigenvalue weighted by molar-refractivity contribution is 5.69. The van der Waals surface area contributed by atoms with Gasteiger partial charge < -0.3 is 15.4 Å². The van der Waals surface area contributed by atoms with Crippen LogP contribution in [0, 0.1) is 51.2 Å². The molecule has 0 fully saturated rings. The third-order valence-corrected chi connectivity index (χ3v) is 5.66. The van der Waals surface area contributed by atoms with Gasteiger partial charge in [-0.1, -0.05) is 36.4 Å². The average Bonchev–Trinajstić information content (AvgIpc) is 2.75. The van der Waals surface area contributed by atoms with Crippen molar-refractivity contribution >= 4 is 6.09 Å². The molecule has 2 atom stereocenters. The van der Waals surface area contributed by atoms with Gasteiger partial charge in [-0.25, -0.2) is 4.79 Å². The molecule has 7 nitrogen and oxygen atoms in total. The maximum absolute atomic E-state index is 12.3. The second-order valence-corrected chi connectivity index (χ2v) is 7.10. The molecule has 0 radical (unpaired) electrons. The predicted octanol–water partition coefficient (Wildman–Crippen LogP) is 2.64. The summed E-state index contributed by atoms with van der Waals surface area (Å²) in [6.07, 6.45) is 1.74. The first-order valence-corrected chi connectivity index (χ1v) is 9.41. The van der Waals surface area contributed by atoms with Crippen LogP contribution in [0.1, 0.15) is 12.5 Å². The smallest absolute Gasteiger partial charge is 0.410 e. The molecule has 0 saturated heterocycles. The van der Waals surface area contributed by atoms with Crippen LogP contribution in [0.2, 0.25) is 0 Å². The van der Waals surface area contributed by atoms with Crippen LogP contribution in [0.4, 0.5) is 4.79 Å². The van der Waals surface area contributed by atoms with Crippen LogP contribution in [-0.2, 0) is 11.2 Å². The maximum Gasteiger partial charge on any atom is 0.410 e. The van der Waals surface area contributed by atoms with E-state index in [2.05, 4.69) is 18.2 Å². The molecule has 29 heavy (non-hydrogen) atoms. The van der Waals surface area contributed by atoms with E-state index < -0.39 is 17.4 Å². The van der Waals surface area contributed by atoms with Gasteiger partial charge in [-0.05, 0) is 24.5 Å². The fraction of sp³-hybridized carbons (Fsp3) is 0.364. The number of fused-ring (bicyclic) bond motifs is 1. The molecule has 1 aliphatic carbocycles. The van der Waals surface area contributed by atoms with Crippen LogP contribution in [0.25, 0.3) is 0 Å². The second-order valence-electron chi connectivity index (χ2n) is 7.10. The summed E-state index contributed by atoms with van der Waals surface area (Å²) in [4.78, 5) is 13.8. The fourth-order valence-corrected chi connectivity index (χ4v) is 4.22. The number of ether oxygens (including phenoxy) is 1. The van der Waals surface area contributed by atoms with Gasteiger partial charge in [0.2, 0.25) is 0 Å². The van der Waals surface area contributed by atoms with E-state index >= 15 is 0 Å². The third-order valence-electron chi connectivity index (χ3n) is 5.66. The first kappa shape index (κ1) is 20.0. The number of nitrogens with zero attached hydrogens (tertiary/aromatic N) is 4. The van der Waals surface area contributed by atoms with Crippen LogP contribution in [-0.4, -0.2) is 30.7 Å². The summed E-state index contributed by atoms with van der Waals surface area (Å²) in [6, 6.07) is 15.8. The zero-order valence-electron chi connectivity index (χ0n) is 16.1. The normalized spacial score (nSPS) is 22.4. The molecule has 0 spiro atoms. The molecule has 1 aromatic rings. The summed E-state index contributed by atoms with van der Waals surface area (Å²) in [5, 5.41) is 29.7. The van der Waals surface area contributed by atoms with Crippen molar-refractivity contribution in [1.29, 1.82) is 15.8 Å². The molecule has 2 aliphatic rings. The number of hydrogen-bond donors (Lipinski definition) is 1. The number of amides is 1. The molecule has 1 aromatic carbocycles. The Hall–Kier alpha value is -3.76. The van der Waals surface area contributed by atoms with Crippen LogP contribution in [0.3, 0.4) is 0 Å². The minimum absolute atomic E-state index is 0.00184. The number of allylic oxidation sites excluding steroid dienone is 2. The van der Waals surface area contributed by atoms with Crippen molar-refractivity contribution in [2.75, 3.05) is 19.7 Å². The molecule has 3 rings (SSSR count). The number of rotatable bonds is 3. The summed E-state index contributed by atoms with van der Waals surface area (Å²) in [5.74, 6) is -0.893. The summed E-state index contributed by atoms with van der Waals surface area (Å²) in [7, 11) is 0. The molecule has 0 aromatic heterocycles. The minimum Gasteiger partial charge on any atom is -0.450 e. The van der Waals surface area contributed by atoms with Crippen molar-refractivity contribution in [2.45, 2.75) is 13.3 Å². The van der Waals surface area contributed by atoms with Crippen molar-refractivity contribution in [3.8, 4) is 18.2 Å². The predicted molar refractivity (Wildman–Crippen MR) is 104 cm³/mol. The van der Waals surface area contributed by atoms with Gasteiger partial charge in [0, 0.05) is 24.9 Å². The van der Waals surface area contributed by atoms with E-state index in [1.807, 2.05) is 30.3 Å². The SMILES string of the molecule is CCOC(=O)N1CC=C2C(C#N)=C(N)C(C#N)(C#N)[C@H](Cc3ccccc3)[C@H]2C1. The zero-order valence-corrected chi connectivity index (χ0v) is 16.1. The lowest BCUT2D eigenvalue weighted by Crippen LogP contribution is -2.51. The van der Waals surface area contributed by atoms with Gasteiger partial charge in [0.1, 0.15) is 6.07 Å². The molecule has 1 aliphatic heterocycles. The Balaban J connectivity index is 2.13. The first-order valence-electron chi connectivity index (χ1n) is 9.41. The van der Waals surface area contributed by atoms with E-state index in [1.54, 1.807) is 13.0 Å². The number of carbonyl (C=O) groups is 1. The molecule has 0 unspecified atom stereocenters. The molecule has 1 heterocycles. The second kappa shape index (κ2) is 8.09. The van der Waals surface area contributed by atoms with E-state index in [9.17, 15) is 20.6 Å². The van der Waals surface area contributed by atoms with Crippen molar-refractivity contribution < 1.29 is 9.53 Å². The Kier molecular flexibility index (Phi) is 5.57. The molecule has 1 amide bonds. The highest BCUT2D eigenvalue weighted by Crippen LogP contribution is 2.50. The Labute approximate surface area is 169 Å². The summed E-state index contributed by atoms with van der Waals surface area (Å²) < 4.78 is 5.12. The fourth-order valence-electron chi connectivity index (χ4n) is 4.22. The van der Waals surface area contributed by atoms with Crippen LogP contribution >= 0.6 is 0 Å². The average molecular weight is 387 g/mol. The van der Waals surface area contributed by atoms with E-state index in [1.165, 1.54) is 4.90 Å². The molecule has 2 N–H and O–H groups in total. The number of carbonyl (C=O) groups excluding carboxylic acids is 1. The van der Waals surface area contributed by atoms with Crippen molar-refractivity contribution in [3.05, 3.63) is 58.8 Å². The van der Waals surface area contributed by atoms with Crippen molar-refractivity contribution in [2.24, 2.45) is 23.0 Å². The third kappa shape index (κ3) is 3.30. The highest BCUT2D eigenvalue weighted by atomic mass is 16.6. The molecule has 0 bridgehead atoms. The van der Waals surface area contributed by atoms with Gasteiger partial charge in [0.25, 0.3) is 0 Å². The molecule has 146 valence electrons. The van der Waals surface area contributed by atoms with Crippen LogP contribution in [0.5, 0.6) is 0 Å². The largest absolute Gasteiger partial charge is 0.450 e. The standard InChI is InChI=1S/C22H21N5O2/c1-2-29-21(28)27-9-8-16-17(11-23)20(26)22(13-24,14-25)19(18(16)12-27)10-15-6-4-3-5-7-15/h3-8,18-19H,2,9-10,12,26H2,1H3/t18-,19+/m0/s1. The Morgan fingerprint density at radius 3 is 2.55 bits per heavy atom. The number of nitrogens with two attached hydrogens (primary N) is 1. The van der Waals surface area contributed by atoms with Crippen molar-refractivity contribution in [3.63, 3.8) is 0 Å². The van der Waals surface area contributed by atoms with Gasteiger partial charge in [-0.15, -0.1) is 0 Å². The quantitative estimate of drug-likeness (QED) is 0.849. The highest BCUT2D eigenvalue weighted by Gasteiger charge is 2.54. The van der Waals surface area contributed by atoms with Crippen LogP contribution < -0.4 is 5.73 Å². The monoisotopic (exact) mass is 387 g/mol. The molecular weight excluding hydrogens is 366 g/mol. The van der Waals surface area contributed by atoms with Gasteiger partial charge in [0.05, 0.1) is 30.0 Å². The lowest BCUT2D eigenvalue weighted by molar-refractivity contribution is 0.0939. The summed E-state index contributed by atoms with van der Waals surface area (Å²) in [6.45, 7) is 2.52. The zero-order chi connectivity index (χ0) is 21.0. The van der Waals surface area contributed by atoms with Gasteiger partial charge in [-0.3, -0.25) is 0 Å². The van der Waals surface area contributed by atoms with E-state index in [4.69, 9.17) is 10.5 Å². The Morgan fingerprint density at radius 2 is 1.97 bits per heavy atom. The first-order chi connectivity index (χ1) is 14.0. The number of nitriles is 3. The van der Waals surface area contributed by atoms with Gasteiger partial charge >= 0.3 is 6.09 Å². The Morgan fingerprint density at radius 1 is 1.28 bits per heavy atom. The summed E-state index contributed by atoms with van der Waals surface area (Å²) >= 11 is 0. The maximum atomic E-state index is 12.3. The molecule has 7 heteroatoms. The van der Waals surface area contributed by atoms with E-state index in [0.29, 0.717) is 12.0 Å². The van der Waals surface area contributed by atoms with E-state index in [0.717, 1.165) is 5.56 Å². The van der Waals surface area contributed by atoms with Gasteiger partial charge in [0.15, 0.2) is 5.41 Å². The van der Waals surface area contributed by atoms with Crippen LogP contribution in [0.15, 0.2) is 53.3 Å². The lowest BCUT2D eigenvalue weighted by atomic mass is 9.58. The minimum atomic E-state index is -1.65. The molecule has 0 saturated carbocycles. The summed E-state index contributed by atoms with van der Waals surface area (Å²) in [5.41, 5.74) is 6.42. The van der Waals surface area contributed by atoms with Gasteiger partial charge in [-0.2, -0.15) is 15.8 Å². The number of benzene rings is 1. The number of hydrogen-bond acceptors (Lipinski definition) is 6. The Bertz CT molecular complexity index is 977. The topological polar surface area (TPSA) is 127 Å². The van der Waals surface area contributed by atoms with Crippen molar-refractivity contribution in [1.82, 2.24) is 4.90 Å². The lowest BCUT2D eigenvalue weighted by Gasteiger charge is -2.45. The van der Waals surface area contributed by atoms with E-state index in [-0.39, 0.29) is 36.9 Å².